The fourth-order valence-corrected chi connectivity index (χ4v) is 2.96. The van der Waals surface area contributed by atoms with Gasteiger partial charge < -0.3 is 31.1 Å². The minimum Gasteiger partial charge on any atom is -0.492 e. The molecule has 0 saturated carbocycles. The average Bonchev–Trinajstić information content (AvgIpc) is 2.83. The van der Waals surface area contributed by atoms with E-state index in [9.17, 15) is 35.9 Å². The lowest BCUT2D eigenvalue weighted by Crippen LogP contribution is -2.30. The van der Waals surface area contributed by atoms with Crippen molar-refractivity contribution in [2.24, 2.45) is 5.73 Å². The van der Waals surface area contributed by atoms with Gasteiger partial charge in [-0.15, -0.1) is 0 Å². The first-order valence-corrected chi connectivity index (χ1v) is 11.6. The summed E-state index contributed by atoms with van der Waals surface area (Å²) < 4.78 is 77.7. The number of nitrogens with two attached hydrogens (primary N) is 1. The molecule has 41 heavy (non-hydrogen) atoms. The van der Waals surface area contributed by atoms with E-state index in [2.05, 4.69) is 10.6 Å². The van der Waals surface area contributed by atoms with Crippen molar-refractivity contribution in [2.75, 3.05) is 32.6 Å². The first-order valence-electron chi connectivity index (χ1n) is 11.6. The highest BCUT2D eigenvalue weighted by molar-refractivity contribution is 6.04. The molecule has 0 heterocycles. The first kappa shape index (κ1) is 34.7. The number of carbonyl (C=O) groups excluding carboxylic acids is 2. The second kappa shape index (κ2) is 14.9. The van der Waals surface area contributed by atoms with Crippen molar-refractivity contribution in [3.05, 3.63) is 59.2 Å². The maximum Gasteiger partial charge on any atom is 0.490 e. The summed E-state index contributed by atoms with van der Waals surface area (Å²) in [4.78, 5) is 35.1. The van der Waals surface area contributed by atoms with Gasteiger partial charge >= 0.3 is 18.3 Å². The predicted octanol–water partition coefficient (Wildman–Crippen LogP) is 3.77. The summed E-state index contributed by atoms with van der Waals surface area (Å²) in [6, 6.07) is 9.01. The standard InChI is InChI=1S/C23H28F3N5O3.C2HF3O2/c1-14(16-6-9-19(34-11-10-31(2)3)18(12-16)23(24,25)26)29-20(32)13-21(33)30-17-7-4-15(5-8-17)22(27)28;3-2(4,5)1(6)7/h4-9,12,14H,10-11,13H2,1-3H3,(H3,27,28)(H,29,32)(H,30,33);(H,6,7). The van der Waals surface area contributed by atoms with Gasteiger partial charge in [-0.1, -0.05) is 6.07 Å². The van der Waals surface area contributed by atoms with E-state index in [-0.39, 0.29) is 23.8 Å². The topological polar surface area (TPSA) is 158 Å². The van der Waals surface area contributed by atoms with E-state index in [0.717, 1.165) is 6.07 Å². The molecule has 226 valence electrons. The molecule has 0 bridgehead atoms. The van der Waals surface area contributed by atoms with Gasteiger partial charge in [-0.2, -0.15) is 26.3 Å². The molecule has 1 unspecified atom stereocenters. The molecule has 0 aliphatic heterocycles. The van der Waals surface area contributed by atoms with E-state index in [0.29, 0.717) is 17.8 Å². The second-order valence-electron chi connectivity index (χ2n) is 8.71. The number of carboxylic acids is 1. The van der Waals surface area contributed by atoms with Crippen LogP contribution in [0.4, 0.5) is 32.0 Å². The molecular formula is C25H29F6N5O5. The smallest absolute Gasteiger partial charge is 0.490 e. The normalized spacial score (nSPS) is 12.0. The number of ether oxygens (including phenoxy) is 1. The molecule has 0 radical (unpaired) electrons. The van der Waals surface area contributed by atoms with Crippen LogP contribution in [0.15, 0.2) is 42.5 Å². The SMILES string of the molecule is CC(NC(=O)CC(=O)Nc1ccc(C(=N)N)cc1)c1ccc(OCCN(C)C)c(C(F)(F)F)c1.O=C(O)C(F)(F)F. The van der Waals surface area contributed by atoms with Crippen molar-refractivity contribution >= 4 is 29.3 Å². The number of nitrogens with zero attached hydrogens (tertiary/aromatic N) is 1. The van der Waals surface area contributed by atoms with Crippen molar-refractivity contribution in [1.82, 2.24) is 10.2 Å². The summed E-state index contributed by atoms with van der Waals surface area (Å²) >= 11 is 0. The number of benzene rings is 2. The van der Waals surface area contributed by atoms with Gasteiger partial charge in [-0.25, -0.2) is 4.79 Å². The van der Waals surface area contributed by atoms with Gasteiger partial charge in [0.15, 0.2) is 0 Å². The maximum absolute atomic E-state index is 13.5. The van der Waals surface area contributed by atoms with E-state index in [1.54, 1.807) is 31.1 Å². The Morgan fingerprint density at radius 1 is 1.02 bits per heavy atom. The number of anilines is 1. The van der Waals surface area contributed by atoms with Crippen molar-refractivity contribution < 1.29 is 50.6 Å². The highest BCUT2D eigenvalue weighted by Gasteiger charge is 2.38. The molecule has 0 aliphatic rings. The van der Waals surface area contributed by atoms with Gasteiger partial charge in [0, 0.05) is 17.8 Å². The number of hydrogen-bond donors (Lipinski definition) is 5. The van der Waals surface area contributed by atoms with Crippen molar-refractivity contribution in [3.63, 3.8) is 0 Å². The van der Waals surface area contributed by atoms with Gasteiger partial charge in [-0.3, -0.25) is 15.0 Å². The predicted molar refractivity (Wildman–Crippen MR) is 136 cm³/mol. The van der Waals surface area contributed by atoms with E-state index in [1.807, 2.05) is 0 Å². The lowest BCUT2D eigenvalue weighted by molar-refractivity contribution is -0.192. The van der Waals surface area contributed by atoms with Gasteiger partial charge in [0.2, 0.25) is 11.8 Å². The third-order valence-corrected chi connectivity index (χ3v) is 5.03. The number of halogens is 6. The van der Waals surface area contributed by atoms with Crippen LogP contribution in [0.1, 0.15) is 36.1 Å². The van der Waals surface area contributed by atoms with E-state index >= 15 is 0 Å². The Morgan fingerprint density at radius 2 is 1.59 bits per heavy atom. The Labute approximate surface area is 231 Å². The number of amidine groups is 1. The maximum atomic E-state index is 13.5. The molecular weight excluding hydrogens is 564 g/mol. The van der Waals surface area contributed by atoms with Crippen LogP contribution in [0.3, 0.4) is 0 Å². The number of rotatable bonds is 10. The quantitative estimate of drug-likeness (QED) is 0.121. The molecule has 16 heteroatoms. The molecule has 0 aromatic heterocycles. The molecule has 0 saturated heterocycles. The zero-order valence-corrected chi connectivity index (χ0v) is 22.1. The third kappa shape index (κ3) is 12.6. The summed E-state index contributed by atoms with van der Waals surface area (Å²) in [6.45, 7) is 2.07. The van der Waals surface area contributed by atoms with E-state index in [1.165, 1.54) is 31.2 Å². The number of aliphatic carboxylic acids is 1. The number of hydrogen-bond acceptors (Lipinski definition) is 6. The van der Waals surface area contributed by atoms with Crippen LogP contribution < -0.4 is 21.1 Å². The van der Waals surface area contributed by atoms with Gasteiger partial charge in [-0.05, 0) is 63.0 Å². The number of nitrogens with one attached hydrogen (secondary N) is 3. The van der Waals surface area contributed by atoms with Crippen LogP contribution in [0.25, 0.3) is 0 Å². The Bertz CT molecular complexity index is 1220. The second-order valence-corrected chi connectivity index (χ2v) is 8.71. The Morgan fingerprint density at radius 3 is 2.05 bits per heavy atom. The van der Waals surface area contributed by atoms with Crippen molar-refractivity contribution in [2.45, 2.75) is 31.7 Å². The van der Waals surface area contributed by atoms with E-state index < -0.39 is 48.2 Å². The Hall–Kier alpha value is -4.34. The molecule has 0 spiro atoms. The summed E-state index contributed by atoms with van der Waals surface area (Å²) in [5.41, 5.74) is 5.56. The number of nitrogen functional groups attached to an aromatic ring is 1. The number of amides is 2. The largest absolute Gasteiger partial charge is 0.492 e. The van der Waals surface area contributed by atoms with Crippen molar-refractivity contribution in [1.29, 1.82) is 5.41 Å². The van der Waals surface area contributed by atoms with E-state index in [4.69, 9.17) is 25.8 Å². The number of alkyl halides is 6. The molecule has 6 N–H and O–H groups in total. The fourth-order valence-electron chi connectivity index (χ4n) is 2.96. The molecule has 2 aromatic carbocycles. The molecule has 0 aliphatic carbocycles. The monoisotopic (exact) mass is 593 g/mol. The lowest BCUT2D eigenvalue weighted by atomic mass is 10.0. The average molecular weight is 594 g/mol. The number of carboxylic acid groups (broad SMARTS) is 1. The molecule has 2 aromatic rings. The van der Waals surface area contributed by atoms with Gasteiger partial charge in [0.1, 0.15) is 24.6 Å². The number of likely N-dealkylation sites (N-methyl/N-ethyl adjacent to an activating group) is 1. The van der Waals surface area contributed by atoms with Crippen LogP contribution in [-0.2, 0) is 20.6 Å². The summed E-state index contributed by atoms with van der Waals surface area (Å²) in [5.74, 6) is -4.40. The molecule has 2 rings (SSSR count). The summed E-state index contributed by atoms with van der Waals surface area (Å²) in [6.07, 6.45) is -10.2. The highest BCUT2D eigenvalue weighted by Crippen LogP contribution is 2.37. The molecule has 2 amide bonds. The zero-order valence-electron chi connectivity index (χ0n) is 22.1. The minimum atomic E-state index is -5.08. The zero-order chi connectivity index (χ0) is 31.5. The van der Waals surface area contributed by atoms with Crippen LogP contribution in [0, 0.1) is 5.41 Å². The minimum absolute atomic E-state index is 0.0916. The molecule has 0 fully saturated rings. The molecule has 10 nitrogen and oxygen atoms in total. The summed E-state index contributed by atoms with van der Waals surface area (Å²) in [7, 11) is 3.57. The van der Waals surface area contributed by atoms with Crippen molar-refractivity contribution in [3.8, 4) is 5.75 Å². The van der Waals surface area contributed by atoms with Crippen LogP contribution in [-0.4, -0.2) is 67.0 Å². The Kier molecular flexibility index (Phi) is 12.6. The van der Waals surface area contributed by atoms with Gasteiger partial charge in [0.05, 0.1) is 11.6 Å². The Balaban J connectivity index is 0.00000106. The van der Waals surface area contributed by atoms with Crippen LogP contribution in [0.2, 0.25) is 0 Å². The van der Waals surface area contributed by atoms with Gasteiger partial charge in [0.25, 0.3) is 0 Å². The third-order valence-electron chi connectivity index (χ3n) is 5.03. The first-order chi connectivity index (χ1) is 18.8. The van der Waals surface area contributed by atoms with Crippen LogP contribution >= 0.6 is 0 Å². The van der Waals surface area contributed by atoms with Crippen LogP contribution in [0.5, 0.6) is 5.75 Å². The fraction of sp³-hybridized carbons (Fsp3) is 0.360. The summed E-state index contributed by atoms with van der Waals surface area (Å²) in [5, 5.41) is 19.5. The lowest BCUT2D eigenvalue weighted by Gasteiger charge is -2.19. The highest BCUT2D eigenvalue weighted by atomic mass is 19.4. The molecule has 1 atom stereocenters. The number of carbonyl (C=O) groups is 3.